The van der Waals surface area contributed by atoms with Crippen molar-refractivity contribution < 1.29 is 17.9 Å². The minimum Gasteiger partial charge on any atom is -0.484 e. The quantitative estimate of drug-likeness (QED) is 0.524. The Kier molecular flexibility index (Phi) is 7.42. The number of carbonyl (C=O) groups excluding carboxylic acids is 1. The van der Waals surface area contributed by atoms with Crippen molar-refractivity contribution in [1.82, 2.24) is 9.29 Å². The summed E-state index contributed by atoms with van der Waals surface area (Å²) >= 11 is 1.58. The number of aromatic nitrogens is 1. The van der Waals surface area contributed by atoms with Gasteiger partial charge in [0.25, 0.3) is 5.91 Å². The van der Waals surface area contributed by atoms with Gasteiger partial charge in [0, 0.05) is 29.7 Å². The van der Waals surface area contributed by atoms with E-state index < -0.39 is 10.0 Å². The molecule has 0 bridgehead atoms. The maximum atomic E-state index is 12.9. The third-order valence-corrected chi connectivity index (χ3v) is 8.14. The molecule has 9 heteroatoms. The minimum absolute atomic E-state index is 0.182. The molecule has 7 nitrogen and oxygen atoms in total. The number of thiazole rings is 1. The van der Waals surface area contributed by atoms with Gasteiger partial charge in [-0.2, -0.15) is 4.31 Å². The van der Waals surface area contributed by atoms with Crippen molar-refractivity contribution in [3.8, 4) is 17.0 Å². The molecule has 1 saturated heterocycles. The van der Waals surface area contributed by atoms with Gasteiger partial charge >= 0.3 is 0 Å². The number of nitrogens with one attached hydrogen (secondary N) is 1. The summed E-state index contributed by atoms with van der Waals surface area (Å²) in [7, 11) is -3.51. The van der Waals surface area contributed by atoms with Gasteiger partial charge in [0.05, 0.1) is 15.6 Å². The number of hydrogen-bond donors (Lipinski definition) is 1. The maximum Gasteiger partial charge on any atom is 0.262 e. The van der Waals surface area contributed by atoms with Crippen LogP contribution in [0.25, 0.3) is 11.3 Å². The van der Waals surface area contributed by atoms with Crippen molar-refractivity contribution in [1.29, 1.82) is 0 Å². The van der Waals surface area contributed by atoms with E-state index in [4.69, 9.17) is 4.74 Å². The number of carbonyl (C=O) groups is 1. The lowest BCUT2D eigenvalue weighted by Gasteiger charge is -2.20. The van der Waals surface area contributed by atoms with E-state index >= 15 is 0 Å². The molecular formula is C24H27N3O4S2. The SMILES string of the molecule is Cc1nc(-c2cccc(NC(=O)COc3ccc(S(=O)(=O)N4CCCCCC4)cc3)c2)cs1. The molecule has 3 aromatic rings. The third kappa shape index (κ3) is 5.98. The second-order valence-electron chi connectivity index (χ2n) is 7.96. The lowest BCUT2D eigenvalue weighted by atomic mass is 10.1. The summed E-state index contributed by atoms with van der Waals surface area (Å²) in [5.41, 5.74) is 2.46. The smallest absolute Gasteiger partial charge is 0.262 e. The first kappa shape index (κ1) is 23.4. The lowest BCUT2D eigenvalue weighted by molar-refractivity contribution is -0.118. The van der Waals surface area contributed by atoms with Crippen LogP contribution in [0.5, 0.6) is 5.75 Å². The molecule has 33 heavy (non-hydrogen) atoms. The van der Waals surface area contributed by atoms with Gasteiger partial charge in [0.2, 0.25) is 10.0 Å². The van der Waals surface area contributed by atoms with Crippen LogP contribution in [-0.4, -0.2) is 43.3 Å². The highest BCUT2D eigenvalue weighted by Crippen LogP contribution is 2.25. The van der Waals surface area contributed by atoms with Crippen LogP contribution < -0.4 is 10.1 Å². The van der Waals surface area contributed by atoms with Crippen molar-refractivity contribution in [3.05, 3.63) is 58.9 Å². The van der Waals surface area contributed by atoms with Gasteiger partial charge < -0.3 is 10.1 Å². The number of rotatable bonds is 7. The molecule has 174 valence electrons. The van der Waals surface area contributed by atoms with E-state index in [9.17, 15) is 13.2 Å². The van der Waals surface area contributed by atoms with Crippen molar-refractivity contribution in [2.75, 3.05) is 25.0 Å². The van der Waals surface area contributed by atoms with E-state index in [2.05, 4.69) is 10.3 Å². The Bertz CT molecular complexity index is 1200. The summed E-state index contributed by atoms with van der Waals surface area (Å²) in [4.78, 5) is 17.1. The number of ether oxygens (including phenoxy) is 1. The number of hydrogen-bond acceptors (Lipinski definition) is 6. The molecular weight excluding hydrogens is 458 g/mol. The molecule has 0 spiro atoms. The molecule has 1 aliphatic heterocycles. The average molecular weight is 486 g/mol. The Morgan fingerprint density at radius 1 is 1.09 bits per heavy atom. The lowest BCUT2D eigenvalue weighted by Crippen LogP contribution is -2.31. The third-order valence-electron chi connectivity index (χ3n) is 5.46. The first-order valence-electron chi connectivity index (χ1n) is 11.0. The van der Waals surface area contributed by atoms with Crippen LogP contribution in [0.15, 0.2) is 58.8 Å². The fourth-order valence-corrected chi connectivity index (χ4v) is 5.88. The molecule has 1 aromatic heterocycles. The molecule has 1 fully saturated rings. The first-order chi connectivity index (χ1) is 15.9. The Balaban J connectivity index is 1.33. The molecule has 4 rings (SSSR count). The number of anilines is 1. The van der Waals surface area contributed by atoms with Crippen LogP contribution >= 0.6 is 11.3 Å². The summed E-state index contributed by atoms with van der Waals surface area (Å²) in [6.45, 7) is 2.89. The van der Waals surface area contributed by atoms with Gasteiger partial charge in [-0.3, -0.25) is 4.79 Å². The van der Waals surface area contributed by atoms with E-state index in [-0.39, 0.29) is 17.4 Å². The summed E-state index contributed by atoms with van der Waals surface area (Å²) in [5, 5.41) is 5.79. The Labute approximate surface area is 198 Å². The van der Waals surface area contributed by atoms with E-state index in [1.165, 1.54) is 12.1 Å². The second-order valence-corrected chi connectivity index (χ2v) is 11.0. The van der Waals surface area contributed by atoms with Crippen molar-refractivity contribution in [2.24, 2.45) is 0 Å². The first-order valence-corrected chi connectivity index (χ1v) is 13.3. The summed E-state index contributed by atoms with van der Waals surface area (Å²) in [6, 6.07) is 13.7. The predicted octanol–water partition coefficient (Wildman–Crippen LogP) is 4.70. The van der Waals surface area contributed by atoms with E-state index in [0.717, 1.165) is 41.9 Å². The highest BCUT2D eigenvalue weighted by Gasteiger charge is 2.25. The second kappa shape index (κ2) is 10.5. The van der Waals surface area contributed by atoms with Gasteiger partial charge in [-0.15, -0.1) is 11.3 Å². The molecule has 0 unspecified atom stereocenters. The summed E-state index contributed by atoms with van der Waals surface area (Å²) in [5.74, 6) is 0.134. The summed E-state index contributed by atoms with van der Waals surface area (Å²) in [6.07, 6.45) is 3.91. The molecule has 2 heterocycles. The molecule has 0 aliphatic carbocycles. The van der Waals surface area contributed by atoms with Gasteiger partial charge in [-0.1, -0.05) is 25.0 Å². The molecule has 1 N–H and O–H groups in total. The Morgan fingerprint density at radius 3 is 2.48 bits per heavy atom. The molecule has 0 radical (unpaired) electrons. The zero-order valence-electron chi connectivity index (χ0n) is 18.5. The number of amides is 1. The predicted molar refractivity (Wildman–Crippen MR) is 130 cm³/mol. The number of aryl methyl sites for hydroxylation is 1. The van der Waals surface area contributed by atoms with E-state index in [1.54, 1.807) is 27.8 Å². The molecule has 1 amide bonds. The zero-order chi connectivity index (χ0) is 23.3. The molecule has 2 aromatic carbocycles. The van der Waals surface area contributed by atoms with Crippen LogP contribution in [-0.2, 0) is 14.8 Å². The molecule has 0 atom stereocenters. The molecule has 1 aliphatic rings. The van der Waals surface area contributed by atoms with Crippen molar-refractivity contribution in [3.63, 3.8) is 0 Å². The van der Waals surface area contributed by atoms with Gasteiger partial charge in [0.1, 0.15) is 5.75 Å². The highest BCUT2D eigenvalue weighted by molar-refractivity contribution is 7.89. The fraction of sp³-hybridized carbons (Fsp3) is 0.333. The minimum atomic E-state index is -3.51. The largest absolute Gasteiger partial charge is 0.484 e. The van der Waals surface area contributed by atoms with E-state index in [1.807, 2.05) is 36.6 Å². The fourth-order valence-electron chi connectivity index (χ4n) is 3.74. The van der Waals surface area contributed by atoms with Crippen molar-refractivity contribution >= 4 is 33.0 Å². The zero-order valence-corrected chi connectivity index (χ0v) is 20.1. The van der Waals surface area contributed by atoms with Crippen LogP contribution in [0.2, 0.25) is 0 Å². The van der Waals surface area contributed by atoms with Gasteiger partial charge in [-0.05, 0) is 56.2 Å². The summed E-state index contributed by atoms with van der Waals surface area (Å²) < 4.78 is 32.9. The van der Waals surface area contributed by atoms with Crippen molar-refractivity contribution in [2.45, 2.75) is 37.5 Å². The van der Waals surface area contributed by atoms with Crippen LogP contribution in [0.3, 0.4) is 0 Å². The highest BCUT2D eigenvalue weighted by atomic mass is 32.2. The molecule has 0 saturated carbocycles. The Hall–Kier alpha value is -2.75. The van der Waals surface area contributed by atoms with Gasteiger partial charge in [0.15, 0.2) is 6.61 Å². The normalized spacial score (nSPS) is 15.1. The standard InChI is InChI=1S/C24H27N3O4S2/c1-18-25-23(17-32-18)19-7-6-8-20(15-19)26-24(28)16-31-21-9-11-22(12-10-21)33(29,30)27-13-4-2-3-5-14-27/h6-12,15,17H,2-5,13-14,16H2,1H3,(H,26,28). The van der Waals surface area contributed by atoms with E-state index in [0.29, 0.717) is 24.5 Å². The number of nitrogens with zero attached hydrogens (tertiary/aromatic N) is 2. The number of sulfonamides is 1. The van der Waals surface area contributed by atoms with Crippen LogP contribution in [0.1, 0.15) is 30.7 Å². The Morgan fingerprint density at radius 2 is 1.82 bits per heavy atom. The maximum absolute atomic E-state index is 12.9. The van der Waals surface area contributed by atoms with Gasteiger partial charge in [-0.25, -0.2) is 13.4 Å². The van der Waals surface area contributed by atoms with Crippen LogP contribution in [0.4, 0.5) is 5.69 Å². The average Bonchev–Trinajstić information content (AvgIpc) is 3.06. The van der Waals surface area contributed by atoms with Crippen LogP contribution in [0, 0.1) is 6.92 Å². The number of benzene rings is 2. The topological polar surface area (TPSA) is 88.6 Å². The monoisotopic (exact) mass is 485 g/mol.